The number of carbonyl (C=O) groups is 2. The van der Waals surface area contributed by atoms with Gasteiger partial charge in [-0.3, -0.25) is 14.5 Å². The van der Waals surface area contributed by atoms with Gasteiger partial charge in [0.2, 0.25) is 0 Å². The number of nitrogens with one attached hydrogen (secondary N) is 2. The number of rotatable bonds is 6. The summed E-state index contributed by atoms with van der Waals surface area (Å²) >= 11 is 0. The van der Waals surface area contributed by atoms with Crippen LogP contribution in [0.1, 0.15) is 102 Å². The fourth-order valence-electron chi connectivity index (χ4n) is 15.9. The Kier molecular flexibility index (Phi) is 10.4. The molecular weight excluding hydrogens is 885 g/mol. The first-order chi connectivity index (χ1) is 33.9. The summed E-state index contributed by atoms with van der Waals surface area (Å²) in [4.78, 5) is 48.1. The summed E-state index contributed by atoms with van der Waals surface area (Å²) < 4.78 is 25.3. The summed E-state index contributed by atoms with van der Waals surface area (Å²) in [5.74, 6) is 4.65. The Morgan fingerprint density at radius 1 is 0.643 bits per heavy atom. The lowest BCUT2D eigenvalue weighted by Crippen LogP contribution is -2.62. The molecule has 372 valence electrons. The molecule has 8 atom stereocenters. The number of benzene rings is 2. The molecule has 2 amide bonds. The third-order valence-electron chi connectivity index (χ3n) is 19.7. The molecule has 0 radical (unpaired) electrons. The Morgan fingerprint density at radius 3 is 1.51 bits per heavy atom. The molecule has 10 aliphatic rings. The molecular formula is C55H70N8O7. The van der Waals surface area contributed by atoms with E-state index in [1.54, 1.807) is 14.2 Å². The van der Waals surface area contributed by atoms with Gasteiger partial charge in [0.1, 0.15) is 23.6 Å². The van der Waals surface area contributed by atoms with E-state index in [0.717, 1.165) is 148 Å². The predicted molar refractivity (Wildman–Crippen MR) is 264 cm³/mol. The van der Waals surface area contributed by atoms with Gasteiger partial charge < -0.3 is 58.5 Å². The van der Waals surface area contributed by atoms with Crippen LogP contribution in [0.25, 0.3) is 0 Å². The van der Waals surface area contributed by atoms with E-state index in [0.29, 0.717) is 43.6 Å². The molecule has 14 rings (SSSR count). The van der Waals surface area contributed by atoms with Gasteiger partial charge in [-0.15, -0.1) is 0 Å². The molecule has 0 saturated carbocycles. The fraction of sp³-hybridized carbons (Fsp3) is 0.600. The minimum Gasteiger partial charge on any atom is -0.493 e. The Morgan fingerprint density at radius 2 is 1.09 bits per heavy atom. The number of likely N-dealkylation sites (tertiary alicyclic amines) is 2. The van der Waals surface area contributed by atoms with Gasteiger partial charge in [0, 0.05) is 92.9 Å². The Bertz CT molecular complexity index is 2810. The number of amides is 2. The van der Waals surface area contributed by atoms with E-state index in [4.69, 9.17) is 18.9 Å². The summed E-state index contributed by atoms with van der Waals surface area (Å²) in [5.41, 5.74) is 13.9. The van der Waals surface area contributed by atoms with Crippen molar-refractivity contribution in [2.45, 2.75) is 87.5 Å². The van der Waals surface area contributed by atoms with Gasteiger partial charge in [0.15, 0.2) is 23.0 Å². The van der Waals surface area contributed by atoms with Gasteiger partial charge in [0.05, 0.1) is 32.2 Å². The van der Waals surface area contributed by atoms with E-state index >= 15 is 0 Å². The minimum atomic E-state index is -0.116. The number of nitrogens with zero attached hydrogens (tertiary/aromatic N) is 6. The number of hydrogen-bond acceptors (Lipinski definition) is 11. The van der Waals surface area contributed by atoms with E-state index < -0.39 is 0 Å². The lowest BCUT2D eigenvalue weighted by atomic mass is 9.51. The highest BCUT2D eigenvalue weighted by Crippen LogP contribution is 2.69. The first-order valence-electron chi connectivity index (χ1n) is 26.1. The maximum atomic E-state index is 13.7. The SMILES string of the molecule is COc1ccc2c3c1O[C@H]1c4[nH]c(C(=O)N5CCN(C)CC5)c(C)c4C[C@H]4[C@@H](C2)N(C)CC[C@]314.COc1ccc2c3c1O[C@H]1c4[nH]c(C(=O)N5CCN(CCO)CC5)c(C)c4C[C@H]4[C@@H](C2)N(C)CC[C@]314. The smallest absolute Gasteiger partial charge is 0.270 e. The molecule has 4 aliphatic carbocycles. The molecule has 2 aromatic carbocycles. The average molecular weight is 955 g/mol. The van der Waals surface area contributed by atoms with Gasteiger partial charge in [0.25, 0.3) is 11.8 Å². The highest BCUT2D eigenvalue weighted by atomic mass is 16.5. The van der Waals surface area contributed by atoms with Gasteiger partial charge in [-0.1, -0.05) is 12.1 Å². The van der Waals surface area contributed by atoms with Crippen molar-refractivity contribution in [3.8, 4) is 23.0 Å². The molecule has 6 aliphatic heterocycles. The van der Waals surface area contributed by atoms with Crippen molar-refractivity contribution in [1.29, 1.82) is 0 Å². The second-order valence-corrected chi connectivity index (χ2v) is 22.5. The van der Waals surface area contributed by atoms with Crippen molar-refractivity contribution in [2.24, 2.45) is 11.8 Å². The normalized spacial score (nSPS) is 31.1. The maximum absolute atomic E-state index is 13.7. The van der Waals surface area contributed by atoms with E-state index in [2.05, 4.69) is 88.8 Å². The number of likely N-dealkylation sites (N-methyl/N-ethyl adjacent to an activating group) is 3. The van der Waals surface area contributed by atoms with E-state index in [-0.39, 0.29) is 41.5 Å². The number of H-pyrrole nitrogens is 2. The number of ether oxygens (including phenoxy) is 4. The largest absolute Gasteiger partial charge is 0.493 e. The maximum Gasteiger partial charge on any atom is 0.270 e. The summed E-state index contributed by atoms with van der Waals surface area (Å²) in [5, 5.41) is 9.25. The second-order valence-electron chi connectivity index (χ2n) is 22.5. The zero-order valence-corrected chi connectivity index (χ0v) is 42.1. The zero-order chi connectivity index (χ0) is 48.1. The first kappa shape index (κ1) is 44.8. The van der Waals surface area contributed by atoms with Crippen LogP contribution in [0.3, 0.4) is 0 Å². The number of β-amino-alcohol motifs (C(OH)–C–C–N with tert-alkyl or cyclic N) is 1. The lowest BCUT2D eigenvalue weighted by molar-refractivity contribution is -0.0256. The van der Waals surface area contributed by atoms with Crippen LogP contribution in [0.5, 0.6) is 23.0 Å². The van der Waals surface area contributed by atoms with Crippen LogP contribution in [0.15, 0.2) is 24.3 Å². The third-order valence-corrected chi connectivity index (χ3v) is 19.7. The average Bonchev–Trinajstić information content (AvgIpc) is 4.11. The van der Waals surface area contributed by atoms with E-state index in [1.807, 2.05) is 9.80 Å². The van der Waals surface area contributed by atoms with Crippen LogP contribution in [0.4, 0.5) is 0 Å². The quantitative estimate of drug-likeness (QED) is 0.253. The summed E-state index contributed by atoms with van der Waals surface area (Å²) in [7, 11) is 10.1. The van der Waals surface area contributed by atoms with E-state index in [1.165, 1.54) is 33.4 Å². The number of carbonyl (C=O) groups excluding carboxylic acids is 2. The predicted octanol–water partition coefficient (Wildman–Crippen LogP) is 4.41. The number of piperidine rings is 2. The Hall–Kier alpha value is -5.06. The number of fused-ring (bicyclic) bond motifs is 4. The molecule has 4 bridgehead atoms. The second kappa shape index (κ2) is 16.2. The molecule has 15 nitrogen and oxygen atoms in total. The zero-order valence-electron chi connectivity index (χ0n) is 42.1. The van der Waals surface area contributed by atoms with Crippen molar-refractivity contribution in [1.82, 2.24) is 39.4 Å². The standard InChI is InChI=1S/C28H36N4O4.C27H34N4O3/c1-16-18-15-19-20-14-17-4-5-21(35-3)25-22(17)28(19,6-7-30(20)2)26(36-25)24(18)29-23(16)27(34)32-10-8-31(9-11-32)12-13-33;1-15-17-14-18-19-13-16-5-6-20(33-4)24-21(16)27(18,7-8-30(19)3)25(34-24)23(17)28-22(15)26(32)31-11-9-29(2)10-12-31/h4-5,19-20,26,29,33H,6-15H2,1-3H3;5-6,18-19,25,28H,7-14H2,1-4H3/t19-,20+,26-,28-;18-,19+,25-,27-/m00/s1. The highest BCUT2D eigenvalue weighted by Gasteiger charge is 2.67. The summed E-state index contributed by atoms with van der Waals surface area (Å²) in [6.45, 7) is 13.6. The Balaban J connectivity index is 0.000000137. The number of piperazine rings is 2. The van der Waals surface area contributed by atoms with Crippen molar-refractivity contribution >= 4 is 11.8 Å². The molecule has 2 aromatic heterocycles. The number of hydrogen-bond donors (Lipinski definition) is 3. The van der Waals surface area contributed by atoms with Gasteiger partial charge in [-0.25, -0.2) is 0 Å². The van der Waals surface area contributed by atoms with Crippen molar-refractivity contribution in [3.05, 3.63) is 91.5 Å². The summed E-state index contributed by atoms with van der Waals surface area (Å²) in [6.07, 6.45) is 5.98. The number of methoxy groups -OCH3 is 2. The fourth-order valence-corrected chi connectivity index (χ4v) is 15.9. The molecule has 70 heavy (non-hydrogen) atoms. The summed E-state index contributed by atoms with van der Waals surface area (Å²) in [6, 6.07) is 9.59. The number of aromatic amines is 2. The third kappa shape index (κ3) is 6.04. The van der Waals surface area contributed by atoms with Crippen molar-refractivity contribution in [2.75, 3.05) is 114 Å². The molecule has 4 saturated heterocycles. The van der Waals surface area contributed by atoms with Crippen LogP contribution < -0.4 is 18.9 Å². The van der Waals surface area contributed by atoms with Crippen LogP contribution in [0, 0.1) is 25.7 Å². The van der Waals surface area contributed by atoms with Crippen molar-refractivity contribution < 1.29 is 33.6 Å². The molecule has 2 spiro atoms. The van der Waals surface area contributed by atoms with Crippen LogP contribution >= 0.6 is 0 Å². The van der Waals surface area contributed by atoms with E-state index in [9.17, 15) is 14.7 Å². The Labute approximate surface area is 411 Å². The molecule has 0 unspecified atom stereocenters. The first-order valence-corrected chi connectivity index (χ1v) is 26.1. The van der Waals surface area contributed by atoms with Crippen LogP contribution in [-0.2, 0) is 36.5 Å². The topological polar surface area (TPSA) is 142 Å². The molecule has 3 N–H and O–H groups in total. The monoisotopic (exact) mass is 955 g/mol. The van der Waals surface area contributed by atoms with Crippen LogP contribution in [0.2, 0.25) is 0 Å². The number of aliphatic hydroxyl groups is 1. The molecule has 4 fully saturated rings. The molecule has 15 heteroatoms. The van der Waals surface area contributed by atoms with Crippen LogP contribution in [-0.4, -0.2) is 182 Å². The highest BCUT2D eigenvalue weighted by molar-refractivity contribution is 5.95. The van der Waals surface area contributed by atoms with Crippen molar-refractivity contribution in [3.63, 3.8) is 0 Å². The van der Waals surface area contributed by atoms with Gasteiger partial charge >= 0.3 is 0 Å². The molecule has 8 heterocycles. The lowest BCUT2D eigenvalue weighted by Gasteiger charge is -2.57. The molecule has 4 aromatic rings. The van der Waals surface area contributed by atoms with Gasteiger partial charge in [-0.05, 0) is 144 Å². The number of aliphatic hydroxyl groups excluding tert-OH is 1. The number of aromatic nitrogens is 2. The minimum absolute atomic E-state index is 0.0485. The van der Waals surface area contributed by atoms with Gasteiger partial charge in [-0.2, -0.15) is 0 Å².